The van der Waals surface area contributed by atoms with E-state index in [4.69, 9.17) is 9.47 Å². The van der Waals surface area contributed by atoms with Gasteiger partial charge in [0.2, 0.25) is 5.91 Å². The van der Waals surface area contributed by atoms with Crippen molar-refractivity contribution < 1.29 is 14.3 Å². The van der Waals surface area contributed by atoms with Crippen LogP contribution in [0.15, 0.2) is 30.3 Å². The smallest absolute Gasteiger partial charge is 0.236 e. The van der Waals surface area contributed by atoms with Crippen LogP contribution >= 0.6 is 0 Å². The average Bonchev–Trinajstić information content (AvgIpc) is 3.04. The van der Waals surface area contributed by atoms with E-state index >= 15 is 0 Å². The maximum atomic E-state index is 12.7. The zero-order chi connectivity index (χ0) is 16.8. The minimum absolute atomic E-state index is 0.215. The Morgan fingerprint density at radius 1 is 1.17 bits per heavy atom. The molecule has 132 valence electrons. The van der Waals surface area contributed by atoms with E-state index in [1.165, 1.54) is 5.56 Å². The number of carbonyl (C=O) groups is 1. The van der Waals surface area contributed by atoms with Gasteiger partial charge in [0.1, 0.15) is 0 Å². The van der Waals surface area contributed by atoms with Crippen LogP contribution in [0.3, 0.4) is 0 Å². The molecule has 0 aliphatic carbocycles. The van der Waals surface area contributed by atoms with Crippen LogP contribution in [-0.2, 0) is 20.8 Å². The van der Waals surface area contributed by atoms with E-state index in [1.54, 1.807) is 0 Å². The van der Waals surface area contributed by atoms with Crippen molar-refractivity contribution in [2.45, 2.75) is 38.5 Å². The summed E-state index contributed by atoms with van der Waals surface area (Å²) in [5.74, 6) is -0.198. The molecule has 0 N–H and O–H groups in total. The first kappa shape index (κ1) is 17.4. The molecule has 1 aromatic rings. The minimum Gasteiger partial charge on any atom is -0.347 e. The van der Waals surface area contributed by atoms with Crippen LogP contribution in [0, 0.1) is 0 Å². The summed E-state index contributed by atoms with van der Waals surface area (Å²) in [6.07, 6.45) is 2.61. The molecule has 2 aliphatic heterocycles. The Balaban J connectivity index is 1.52. The molecular formula is C19H28N2O3. The van der Waals surface area contributed by atoms with Gasteiger partial charge in [-0.15, -0.1) is 0 Å². The topological polar surface area (TPSA) is 42.0 Å². The van der Waals surface area contributed by atoms with Crippen LogP contribution in [0.5, 0.6) is 0 Å². The molecule has 2 heterocycles. The van der Waals surface area contributed by atoms with Crippen molar-refractivity contribution in [3.05, 3.63) is 35.9 Å². The number of amides is 1. The fraction of sp³-hybridized carbons (Fsp3) is 0.632. The lowest BCUT2D eigenvalue weighted by Crippen LogP contribution is -2.49. The Bertz CT molecular complexity index is 519. The standard InChI is InChI=1S/C19H28N2O3/c1-2-10-20(15-17-6-4-3-5-7-17)16-18(22)21-11-8-19(9-12-21)23-13-14-24-19/h3-7H,2,8-16H2,1H3. The number of ether oxygens (including phenoxy) is 2. The van der Waals surface area contributed by atoms with E-state index in [-0.39, 0.29) is 5.91 Å². The van der Waals surface area contributed by atoms with Crippen molar-refractivity contribution in [1.29, 1.82) is 0 Å². The third kappa shape index (κ3) is 4.35. The molecule has 1 aromatic carbocycles. The fourth-order valence-electron chi connectivity index (χ4n) is 3.55. The number of benzene rings is 1. The number of carbonyl (C=O) groups excluding carboxylic acids is 1. The number of hydrogen-bond acceptors (Lipinski definition) is 4. The Kier molecular flexibility index (Phi) is 5.87. The zero-order valence-corrected chi connectivity index (χ0v) is 14.6. The zero-order valence-electron chi connectivity index (χ0n) is 14.6. The second-order valence-corrected chi connectivity index (χ2v) is 6.68. The predicted molar refractivity (Wildman–Crippen MR) is 92.5 cm³/mol. The van der Waals surface area contributed by atoms with Gasteiger partial charge in [-0.25, -0.2) is 0 Å². The van der Waals surface area contributed by atoms with E-state index in [2.05, 4.69) is 24.0 Å². The molecule has 2 saturated heterocycles. The first-order chi connectivity index (χ1) is 11.7. The van der Waals surface area contributed by atoms with Gasteiger partial charge in [0.05, 0.1) is 19.8 Å². The molecule has 1 spiro atoms. The van der Waals surface area contributed by atoms with Crippen molar-refractivity contribution >= 4 is 5.91 Å². The quantitative estimate of drug-likeness (QED) is 0.801. The molecule has 0 saturated carbocycles. The normalized spacial score (nSPS) is 20.0. The monoisotopic (exact) mass is 332 g/mol. The number of hydrogen-bond donors (Lipinski definition) is 0. The van der Waals surface area contributed by atoms with Crippen molar-refractivity contribution in [2.24, 2.45) is 0 Å². The number of piperidine rings is 1. The predicted octanol–water partition coefficient (Wildman–Crippen LogP) is 2.26. The maximum absolute atomic E-state index is 12.7. The summed E-state index contributed by atoms with van der Waals surface area (Å²) in [6, 6.07) is 10.4. The molecular weight excluding hydrogens is 304 g/mol. The highest BCUT2D eigenvalue weighted by Gasteiger charge is 2.40. The Hall–Kier alpha value is -1.43. The van der Waals surface area contributed by atoms with Crippen molar-refractivity contribution in [3.8, 4) is 0 Å². The van der Waals surface area contributed by atoms with Crippen LogP contribution < -0.4 is 0 Å². The molecule has 2 aliphatic rings. The third-order valence-electron chi connectivity index (χ3n) is 4.84. The van der Waals surface area contributed by atoms with Gasteiger partial charge in [0.25, 0.3) is 0 Å². The molecule has 24 heavy (non-hydrogen) atoms. The number of rotatable bonds is 6. The first-order valence-electron chi connectivity index (χ1n) is 9.03. The molecule has 5 nitrogen and oxygen atoms in total. The van der Waals surface area contributed by atoms with E-state index in [0.29, 0.717) is 19.8 Å². The van der Waals surface area contributed by atoms with E-state index < -0.39 is 5.79 Å². The lowest BCUT2D eigenvalue weighted by molar-refractivity contribution is -0.187. The van der Waals surface area contributed by atoms with Gasteiger partial charge in [-0.1, -0.05) is 37.3 Å². The van der Waals surface area contributed by atoms with Crippen LogP contribution in [0.4, 0.5) is 0 Å². The van der Waals surface area contributed by atoms with E-state index in [1.807, 2.05) is 23.1 Å². The van der Waals surface area contributed by atoms with E-state index in [0.717, 1.165) is 45.4 Å². The highest BCUT2D eigenvalue weighted by molar-refractivity contribution is 5.78. The fourth-order valence-corrected chi connectivity index (χ4v) is 3.55. The van der Waals surface area contributed by atoms with Crippen LogP contribution in [-0.4, -0.2) is 60.9 Å². The molecule has 3 rings (SSSR count). The maximum Gasteiger partial charge on any atom is 0.236 e. The number of likely N-dealkylation sites (tertiary alicyclic amines) is 1. The van der Waals surface area contributed by atoms with Gasteiger partial charge in [0, 0.05) is 32.5 Å². The Labute approximate surface area is 144 Å². The molecule has 2 fully saturated rings. The number of nitrogens with zero attached hydrogens (tertiary/aromatic N) is 2. The van der Waals surface area contributed by atoms with Crippen LogP contribution in [0.1, 0.15) is 31.7 Å². The summed E-state index contributed by atoms with van der Waals surface area (Å²) in [5, 5.41) is 0. The summed E-state index contributed by atoms with van der Waals surface area (Å²) in [4.78, 5) is 16.9. The SMILES string of the molecule is CCCN(CC(=O)N1CCC2(CC1)OCCO2)Cc1ccccc1. The van der Waals surface area contributed by atoms with Gasteiger partial charge in [-0.2, -0.15) is 0 Å². The summed E-state index contributed by atoms with van der Waals surface area (Å²) in [6.45, 7) is 7.20. The summed E-state index contributed by atoms with van der Waals surface area (Å²) in [7, 11) is 0. The minimum atomic E-state index is -0.413. The molecule has 0 radical (unpaired) electrons. The van der Waals surface area contributed by atoms with Crippen molar-refractivity contribution in [3.63, 3.8) is 0 Å². The third-order valence-corrected chi connectivity index (χ3v) is 4.84. The molecule has 0 atom stereocenters. The summed E-state index contributed by atoms with van der Waals surface area (Å²) < 4.78 is 11.5. The average molecular weight is 332 g/mol. The van der Waals surface area contributed by atoms with Gasteiger partial charge in [-0.3, -0.25) is 9.69 Å². The molecule has 0 unspecified atom stereocenters. The lowest BCUT2D eigenvalue weighted by Gasteiger charge is -2.38. The molecule has 0 aromatic heterocycles. The van der Waals surface area contributed by atoms with E-state index in [9.17, 15) is 4.79 Å². The van der Waals surface area contributed by atoms with Crippen LogP contribution in [0.2, 0.25) is 0 Å². The Morgan fingerprint density at radius 3 is 2.46 bits per heavy atom. The summed E-state index contributed by atoms with van der Waals surface area (Å²) in [5.41, 5.74) is 1.25. The highest BCUT2D eigenvalue weighted by atomic mass is 16.7. The van der Waals surface area contributed by atoms with Crippen molar-refractivity contribution in [1.82, 2.24) is 9.80 Å². The Morgan fingerprint density at radius 2 is 1.83 bits per heavy atom. The van der Waals surface area contributed by atoms with Crippen molar-refractivity contribution in [2.75, 3.05) is 39.4 Å². The lowest BCUT2D eigenvalue weighted by atomic mass is 10.0. The largest absolute Gasteiger partial charge is 0.347 e. The second-order valence-electron chi connectivity index (χ2n) is 6.68. The van der Waals surface area contributed by atoms with Gasteiger partial charge in [0.15, 0.2) is 5.79 Å². The van der Waals surface area contributed by atoms with Crippen LogP contribution in [0.25, 0.3) is 0 Å². The first-order valence-corrected chi connectivity index (χ1v) is 9.03. The second kappa shape index (κ2) is 8.10. The molecule has 5 heteroatoms. The van der Waals surface area contributed by atoms with Gasteiger partial charge >= 0.3 is 0 Å². The van der Waals surface area contributed by atoms with Gasteiger partial charge in [-0.05, 0) is 18.5 Å². The molecule has 1 amide bonds. The summed E-state index contributed by atoms with van der Waals surface area (Å²) >= 11 is 0. The highest BCUT2D eigenvalue weighted by Crippen LogP contribution is 2.31. The van der Waals surface area contributed by atoms with Gasteiger partial charge < -0.3 is 14.4 Å². The molecule has 0 bridgehead atoms.